The first-order chi connectivity index (χ1) is 5.70. The zero-order chi connectivity index (χ0) is 9.40. The van der Waals surface area contributed by atoms with Crippen molar-refractivity contribution >= 4 is 11.8 Å². The van der Waals surface area contributed by atoms with Gasteiger partial charge < -0.3 is 5.32 Å². The summed E-state index contributed by atoms with van der Waals surface area (Å²) in [4.78, 5) is 0. The second-order valence-electron chi connectivity index (χ2n) is 3.35. The third kappa shape index (κ3) is 6.99. The Kier molecular flexibility index (Phi) is 8.14. The van der Waals surface area contributed by atoms with E-state index < -0.39 is 0 Å². The average Bonchev–Trinajstić information content (AvgIpc) is 2.11. The molecule has 0 saturated carbocycles. The van der Waals surface area contributed by atoms with E-state index in [4.69, 9.17) is 0 Å². The van der Waals surface area contributed by atoms with Crippen LogP contribution in [0.4, 0.5) is 0 Å². The van der Waals surface area contributed by atoms with Crippen LogP contribution in [0.5, 0.6) is 0 Å². The van der Waals surface area contributed by atoms with Gasteiger partial charge in [-0.05, 0) is 19.8 Å². The molecule has 74 valence electrons. The molecule has 2 heteroatoms. The van der Waals surface area contributed by atoms with Crippen LogP contribution in [0.1, 0.15) is 40.5 Å². The van der Waals surface area contributed by atoms with E-state index in [1.807, 2.05) is 0 Å². The average molecular weight is 189 g/mol. The fourth-order valence-corrected chi connectivity index (χ4v) is 1.70. The van der Waals surface area contributed by atoms with Gasteiger partial charge in [-0.25, -0.2) is 0 Å². The Bertz CT molecular complexity index is 83.8. The summed E-state index contributed by atoms with van der Waals surface area (Å²) in [5.74, 6) is 1.25. The molecule has 0 saturated heterocycles. The van der Waals surface area contributed by atoms with Crippen molar-refractivity contribution in [3.8, 4) is 0 Å². The van der Waals surface area contributed by atoms with Crippen LogP contribution >= 0.6 is 11.8 Å². The van der Waals surface area contributed by atoms with Gasteiger partial charge in [0.2, 0.25) is 0 Å². The van der Waals surface area contributed by atoms with E-state index in [0.717, 1.165) is 11.8 Å². The molecule has 12 heavy (non-hydrogen) atoms. The summed E-state index contributed by atoms with van der Waals surface area (Å²) in [6.45, 7) is 10.2. The lowest BCUT2D eigenvalue weighted by atomic mass is 10.3. The van der Waals surface area contributed by atoms with Crippen molar-refractivity contribution in [2.45, 2.75) is 51.8 Å². The van der Waals surface area contributed by atoms with Gasteiger partial charge in [0.05, 0.1) is 0 Å². The first-order valence-electron chi connectivity index (χ1n) is 5.05. The predicted octanol–water partition coefficient (Wildman–Crippen LogP) is 2.91. The monoisotopic (exact) mass is 189 g/mol. The van der Waals surface area contributed by atoms with Crippen molar-refractivity contribution in [2.75, 3.05) is 12.3 Å². The zero-order valence-electron chi connectivity index (χ0n) is 8.89. The van der Waals surface area contributed by atoms with Gasteiger partial charge in [-0.15, -0.1) is 0 Å². The quantitative estimate of drug-likeness (QED) is 0.618. The Balaban J connectivity index is 3.10. The minimum atomic E-state index is 0.683. The zero-order valence-corrected chi connectivity index (χ0v) is 9.71. The minimum absolute atomic E-state index is 0.683. The molecule has 0 rings (SSSR count). The molecule has 2 unspecified atom stereocenters. The van der Waals surface area contributed by atoms with Crippen LogP contribution < -0.4 is 5.32 Å². The Morgan fingerprint density at radius 2 is 1.83 bits per heavy atom. The van der Waals surface area contributed by atoms with Gasteiger partial charge in [-0.3, -0.25) is 0 Å². The summed E-state index contributed by atoms with van der Waals surface area (Å²) < 4.78 is 0. The lowest BCUT2D eigenvalue weighted by Gasteiger charge is -2.12. The minimum Gasteiger partial charge on any atom is -0.313 e. The molecule has 0 radical (unpaired) electrons. The second kappa shape index (κ2) is 7.93. The van der Waals surface area contributed by atoms with Gasteiger partial charge in [0.1, 0.15) is 0 Å². The van der Waals surface area contributed by atoms with Gasteiger partial charge in [-0.1, -0.05) is 20.8 Å². The van der Waals surface area contributed by atoms with Crippen molar-refractivity contribution in [1.29, 1.82) is 0 Å². The highest BCUT2D eigenvalue weighted by atomic mass is 32.2. The van der Waals surface area contributed by atoms with E-state index in [1.54, 1.807) is 0 Å². The molecular weight excluding hydrogens is 166 g/mol. The van der Waals surface area contributed by atoms with Crippen LogP contribution in [-0.2, 0) is 0 Å². The summed E-state index contributed by atoms with van der Waals surface area (Å²) in [7, 11) is 0. The van der Waals surface area contributed by atoms with Crippen molar-refractivity contribution in [1.82, 2.24) is 5.32 Å². The molecule has 0 heterocycles. The maximum Gasteiger partial charge on any atom is 0.00608 e. The standard InChI is InChI=1S/C10H23NS/c1-5-9(3)11-7-8-12-10(4)6-2/h9-11H,5-8H2,1-4H3. The van der Waals surface area contributed by atoms with Gasteiger partial charge >= 0.3 is 0 Å². The van der Waals surface area contributed by atoms with Crippen molar-refractivity contribution in [3.63, 3.8) is 0 Å². The SMILES string of the molecule is CCC(C)NCCSC(C)CC. The summed E-state index contributed by atoms with van der Waals surface area (Å²) in [5, 5.41) is 4.31. The Labute approximate surface area is 81.7 Å². The Hall–Kier alpha value is 0.310. The third-order valence-electron chi connectivity index (χ3n) is 2.18. The van der Waals surface area contributed by atoms with Gasteiger partial charge in [0.15, 0.2) is 0 Å². The Morgan fingerprint density at radius 1 is 1.17 bits per heavy atom. The van der Waals surface area contributed by atoms with Crippen LogP contribution in [0.3, 0.4) is 0 Å². The topological polar surface area (TPSA) is 12.0 Å². The molecular formula is C10H23NS. The highest BCUT2D eigenvalue weighted by Crippen LogP contribution is 2.11. The van der Waals surface area contributed by atoms with Crippen LogP contribution in [0.2, 0.25) is 0 Å². The molecule has 0 amide bonds. The molecule has 1 N–H and O–H groups in total. The molecule has 0 aliphatic carbocycles. The van der Waals surface area contributed by atoms with Gasteiger partial charge in [0.25, 0.3) is 0 Å². The van der Waals surface area contributed by atoms with E-state index in [2.05, 4.69) is 44.8 Å². The maximum atomic E-state index is 3.49. The molecule has 0 fully saturated rings. The molecule has 0 bridgehead atoms. The molecule has 0 aromatic carbocycles. The van der Waals surface area contributed by atoms with Crippen molar-refractivity contribution in [2.24, 2.45) is 0 Å². The molecule has 0 aromatic rings. The lowest BCUT2D eigenvalue weighted by molar-refractivity contribution is 0.555. The Morgan fingerprint density at radius 3 is 2.33 bits per heavy atom. The molecule has 2 atom stereocenters. The van der Waals surface area contributed by atoms with E-state index in [0.29, 0.717) is 6.04 Å². The second-order valence-corrected chi connectivity index (χ2v) is 4.90. The molecule has 1 nitrogen and oxygen atoms in total. The molecule has 0 spiro atoms. The van der Waals surface area contributed by atoms with Gasteiger partial charge in [0, 0.05) is 23.6 Å². The molecule has 0 aliphatic rings. The van der Waals surface area contributed by atoms with Crippen molar-refractivity contribution in [3.05, 3.63) is 0 Å². The summed E-state index contributed by atoms with van der Waals surface area (Å²) in [6, 6.07) is 0.683. The fourth-order valence-electron chi connectivity index (χ4n) is 0.828. The van der Waals surface area contributed by atoms with E-state index in [-0.39, 0.29) is 0 Å². The number of hydrogen-bond donors (Lipinski definition) is 1. The van der Waals surface area contributed by atoms with Gasteiger partial charge in [-0.2, -0.15) is 11.8 Å². The lowest BCUT2D eigenvalue weighted by Crippen LogP contribution is -2.27. The number of rotatable bonds is 7. The van der Waals surface area contributed by atoms with Crippen LogP contribution in [0.15, 0.2) is 0 Å². The molecule has 0 aromatic heterocycles. The van der Waals surface area contributed by atoms with Crippen molar-refractivity contribution < 1.29 is 0 Å². The van der Waals surface area contributed by atoms with Crippen LogP contribution in [-0.4, -0.2) is 23.6 Å². The maximum absolute atomic E-state index is 3.49. The number of thioether (sulfide) groups is 1. The summed E-state index contributed by atoms with van der Waals surface area (Å²) in [5.41, 5.74) is 0. The summed E-state index contributed by atoms with van der Waals surface area (Å²) in [6.07, 6.45) is 2.52. The van der Waals surface area contributed by atoms with Crippen LogP contribution in [0, 0.1) is 0 Å². The highest BCUT2D eigenvalue weighted by molar-refractivity contribution is 7.99. The normalized spacial score (nSPS) is 16.0. The van der Waals surface area contributed by atoms with E-state index >= 15 is 0 Å². The fraction of sp³-hybridized carbons (Fsp3) is 1.00. The number of nitrogens with one attached hydrogen (secondary N) is 1. The first kappa shape index (κ1) is 12.3. The largest absolute Gasteiger partial charge is 0.313 e. The highest BCUT2D eigenvalue weighted by Gasteiger charge is 1.99. The van der Waals surface area contributed by atoms with E-state index in [9.17, 15) is 0 Å². The third-order valence-corrected chi connectivity index (χ3v) is 3.53. The number of hydrogen-bond acceptors (Lipinski definition) is 2. The molecule has 0 aliphatic heterocycles. The van der Waals surface area contributed by atoms with Crippen LogP contribution in [0.25, 0.3) is 0 Å². The summed E-state index contributed by atoms with van der Waals surface area (Å²) >= 11 is 2.07. The predicted molar refractivity (Wildman–Crippen MR) is 60.0 cm³/mol. The first-order valence-corrected chi connectivity index (χ1v) is 6.10. The van der Waals surface area contributed by atoms with E-state index in [1.165, 1.54) is 18.6 Å². The smallest absolute Gasteiger partial charge is 0.00608 e.